The van der Waals surface area contributed by atoms with Crippen molar-refractivity contribution < 1.29 is 29.3 Å². The highest BCUT2D eigenvalue weighted by molar-refractivity contribution is 8.00. The zero-order chi connectivity index (χ0) is 40.2. The molecule has 2 aliphatic carbocycles. The van der Waals surface area contributed by atoms with Crippen LogP contribution in [0, 0.1) is 24.7 Å². The molecule has 4 aromatic rings. The summed E-state index contributed by atoms with van der Waals surface area (Å²) < 4.78 is 20.9. The van der Waals surface area contributed by atoms with Crippen molar-refractivity contribution in [3.63, 3.8) is 0 Å². The Labute approximate surface area is 347 Å². The Morgan fingerprint density at radius 3 is 2.52 bits per heavy atom. The number of aliphatic hydroxyl groups is 2. The Kier molecular flexibility index (Phi) is 14.7. The van der Waals surface area contributed by atoms with Gasteiger partial charge in [0.15, 0.2) is 0 Å². The number of rotatable bonds is 21. The van der Waals surface area contributed by atoms with Crippen LogP contribution < -0.4 is 9.47 Å². The van der Waals surface area contributed by atoms with Crippen molar-refractivity contribution in [2.24, 2.45) is 22.9 Å². The Bertz CT molecular complexity index is 1990. The maximum atomic E-state index is 9.95. The highest BCUT2D eigenvalue weighted by Crippen LogP contribution is 2.62. The number of aliphatic hydroxyl groups excluding tert-OH is 2. The Hall–Kier alpha value is -4.48. The first-order chi connectivity index (χ1) is 28.5. The lowest BCUT2D eigenvalue weighted by atomic mass is 9.56. The lowest BCUT2D eigenvalue weighted by molar-refractivity contribution is -0.223. The van der Waals surface area contributed by atoms with E-state index in [1.807, 2.05) is 79.6 Å². The molecule has 1 saturated carbocycles. The van der Waals surface area contributed by atoms with E-state index in [0.717, 1.165) is 96.0 Å². The fourth-order valence-electron chi connectivity index (χ4n) is 9.03. The molecule has 1 fully saturated rings. The highest BCUT2D eigenvalue weighted by Gasteiger charge is 2.64. The smallest absolute Gasteiger partial charge is 0.230 e. The van der Waals surface area contributed by atoms with Gasteiger partial charge in [0, 0.05) is 49.2 Å². The molecule has 306 valence electrons. The second-order valence-electron chi connectivity index (χ2n) is 15.5. The third-order valence-corrected chi connectivity index (χ3v) is 13.0. The summed E-state index contributed by atoms with van der Waals surface area (Å²) in [4.78, 5) is 15.1. The van der Waals surface area contributed by atoms with Crippen LogP contribution in [0.4, 0.5) is 0 Å². The molecule has 9 nitrogen and oxygen atoms in total. The lowest BCUT2D eigenvalue weighted by Gasteiger charge is -2.58. The molecule has 3 aliphatic rings. The maximum absolute atomic E-state index is 9.95. The Morgan fingerprint density at radius 1 is 0.931 bits per heavy atom. The quantitative estimate of drug-likeness (QED) is 0.0484. The van der Waals surface area contributed by atoms with Gasteiger partial charge in [0.25, 0.3) is 0 Å². The molecule has 6 unspecified atom stereocenters. The predicted molar refractivity (Wildman–Crippen MR) is 230 cm³/mol. The number of benzene rings is 2. The minimum atomic E-state index is -1.03. The van der Waals surface area contributed by atoms with Crippen LogP contribution in [-0.4, -0.2) is 62.5 Å². The third-order valence-electron chi connectivity index (χ3n) is 11.7. The summed E-state index contributed by atoms with van der Waals surface area (Å²) in [5.41, 5.74) is 7.24. The molecule has 7 rings (SSSR count). The average Bonchev–Trinajstić information content (AvgIpc) is 3.25. The number of nitrogens with zero attached hydrogens (tertiary/aromatic N) is 3. The summed E-state index contributed by atoms with van der Waals surface area (Å²) in [6, 6.07) is 26.5. The molecule has 1 aliphatic heterocycles. The zero-order valence-corrected chi connectivity index (χ0v) is 34.4. The second kappa shape index (κ2) is 20.5. The molecule has 2 aromatic heterocycles. The van der Waals surface area contributed by atoms with E-state index in [2.05, 4.69) is 59.0 Å². The molecule has 58 heavy (non-hydrogen) atoms. The van der Waals surface area contributed by atoms with Crippen LogP contribution in [0.3, 0.4) is 0 Å². The van der Waals surface area contributed by atoms with Crippen LogP contribution in [0.25, 0.3) is 0 Å². The number of ether oxygens (including phenoxy) is 3. The van der Waals surface area contributed by atoms with Gasteiger partial charge in [-0.2, -0.15) is 11.8 Å². The van der Waals surface area contributed by atoms with Gasteiger partial charge in [-0.1, -0.05) is 66.5 Å². The Balaban J connectivity index is 1.34. The minimum absolute atomic E-state index is 0.0186. The number of hydrogen-bond acceptors (Lipinski definition) is 10. The molecular weight excluding hydrogens is 747 g/mol. The molecule has 0 amide bonds. The molecule has 2 N–H and O–H groups in total. The molecule has 10 heteroatoms. The number of aromatic nitrogens is 2. The molecular formula is C48H57N3O6S. The number of pyridine rings is 2. The molecule has 6 atom stereocenters. The van der Waals surface area contributed by atoms with Gasteiger partial charge in [-0.25, -0.2) is 0 Å². The van der Waals surface area contributed by atoms with Crippen molar-refractivity contribution in [3.05, 3.63) is 144 Å². The third kappa shape index (κ3) is 9.85. The van der Waals surface area contributed by atoms with Gasteiger partial charge >= 0.3 is 0 Å². The molecule has 0 spiro atoms. The average molecular weight is 804 g/mol. The zero-order valence-electron chi connectivity index (χ0n) is 33.6. The number of aryl methyl sites for hydroxylation is 2. The number of fused-ring (bicyclic) bond motifs is 2. The van der Waals surface area contributed by atoms with Crippen LogP contribution in [-0.2, 0) is 29.2 Å². The second-order valence-corrected chi connectivity index (χ2v) is 16.9. The topological polar surface area (TPSA) is 116 Å². The van der Waals surface area contributed by atoms with Crippen LogP contribution in [0.15, 0.2) is 121 Å². The van der Waals surface area contributed by atoms with Crippen LogP contribution in [0.5, 0.6) is 11.5 Å². The van der Waals surface area contributed by atoms with Crippen molar-refractivity contribution in [1.29, 1.82) is 0 Å². The number of unbranched alkanes of at least 4 members (excludes halogenated alkanes) is 2. The van der Waals surface area contributed by atoms with Crippen molar-refractivity contribution >= 4 is 17.5 Å². The van der Waals surface area contributed by atoms with E-state index in [1.165, 1.54) is 5.56 Å². The highest BCUT2D eigenvalue weighted by atomic mass is 32.2. The van der Waals surface area contributed by atoms with E-state index in [1.54, 1.807) is 0 Å². The van der Waals surface area contributed by atoms with Crippen molar-refractivity contribution in [2.75, 3.05) is 25.6 Å². The van der Waals surface area contributed by atoms with E-state index in [4.69, 9.17) is 24.2 Å². The summed E-state index contributed by atoms with van der Waals surface area (Å²) in [6.07, 6.45) is 14.5. The van der Waals surface area contributed by atoms with Crippen molar-refractivity contribution in [3.8, 4) is 11.5 Å². The van der Waals surface area contributed by atoms with Gasteiger partial charge in [0.05, 0.1) is 29.2 Å². The summed E-state index contributed by atoms with van der Waals surface area (Å²) in [7, 11) is 0. The fourth-order valence-corrected chi connectivity index (χ4v) is 10.4. The van der Waals surface area contributed by atoms with E-state index in [-0.39, 0.29) is 42.1 Å². The molecule has 0 saturated heterocycles. The van der Waals surface area contributed by atoms with E-state index in [9.17, 15) is 10.2 Å². The molecule has 2 aromatic carbocycles. The summed E-state index contributed by atoms with van der Waals surface area (Å²) in [6.45, 7) is 7.41. The van der Waals surface area contributed by atoms with Gasteiger partial charge in [0.1, 0.15) is 24.7 Å². The summed E-state index contributed by atoms with van der Waals surface area (Å²) in [5, 5.41) is 24.7. The van der Waals surface area contributed by atoms with E-state index in [0.29, 0.717) is 26.2 Å². The first kappa shape index (κ1) is 41.7. The monoisotopic (exact) mass is 803 g/mol. The first-order valence-electron chi connectivity index (χ1n) is 20.8. The van der Waals surface area contributed by atoms with Gasteiger partial charge in [-0.05, 0) is 116 Å². The normalized spacial score (nSPS) is 23.9. The first-order valence-corrected chi connectivity index (χ1v) is 21.9. The van der Waals surface area contributed by atoms with Crippen molar-refractivity contribution in [1.82, 2.24) is 9.97 Å². The number of oxime groups is 1. The maximum Gasteiger partial charge on any atom is 0.230 e. The lowest BCUT2D eigenvalue weighted by Crippen LogP contribution is -2.64. The number of allylic oxidation sites excluding steroid dienone is 1. The summed E-state index contributed by atoms with van der Waals surface area (Å²) in [5.74, 6) is 1.54. The largest absolute Gasteiger partial charge is 0.487 e. The number of thioether (sulfide) groups is 1. The van der Waals surface area contributed by atoms with E-state index >= 15 is 0 Å². The van der Waals surface area contributed by atoms with Gasteiger partial charge in [-0.3, -0.25) is 9.97 Å². The molecule has 3 heterocycles. The predicted octanol–water partition coefficient (Wildman–Crippen LogP) is 9.17. The summed E-state index contributed by atoms with van der Waals surface area (Å²) >= 11 is 1.86. The van der Waals surface area contributed by atoms with E-state index < -0.39 is 5.79 Å². The molecule has 0 radical (unpaired) electrons. The molecule has 0 bridgehead atoms. The Morgan fingerprint density at radius 2 is 1.74 bits per heavy atom. The minimum Gasteiger partial charge on any atom is -0.487 e. The fraction of sp³-hybridized carbons (Fsp3) is 0.438. The van der Waals surface area contributed by atoms with Gasteiger partial charge in [0.2, 0.25) is 5.79 Å². The van der Waals surface area contributed by atoms with Crippen molar-refractivity contribution in [2.45, 2.75) is 88.5 Å². The number of hydrogen-bond donors (Lipinski definition) is 2. The SMILES string of the molecule is C=CCOC12Oc3ccc(OCc4cccc(C)n4)cc3C3C(CCCCO)C(CCCCO)C=C(C(=NOCc4ccccc4)CC1SCCc1ccncc1)C32. The van der Waals surface area contributed by atoms with Crippen LogP contribution in [0.2, 0.25) is 0 Å². The van der Waals surface area contributed by atoms with Crippen LogP contribution in [0.1, 0.15) is 78.9 Å². The van der Waals surface area contributed by atoms with Gasteiger partial charge in [-0.15, -0.1) is 6.58 Å². The van der Waals surface area contributed by atoms with Gasteiger partial charge < -0.3 is 29.3 Å². The van der Waals surface area contributed by atoms with Crippen LogP contribution >= 0.6 is 11.8 Å². The standard InChI is InChI=1S/C48H57N3O6S/c1-3-27-55-48-45(58-28-22-35-20-23-49-24-21-35)31-43(51-56-32-36-13-5-4-6-14-36)41-29-37(15-7-9-25-52)40(17-8-10-26-53)46(47(41)48)42-30-39(18-19-44(42)57-48)54-33-38-16-11-12-34(2)50-38/h3-6,11-14,16,18-21,23-24,29-30,37,40,45-47,52-53H,1,7-10,15,17,22,25-28,31-33H2,2H3.